The van der Waals surface area contributed by atoms with E-state index in [-0.39, 0.29) is 30.0 Å². The lowest BCUT2D eigenvalue weighted by Gasteiger charge is -2.27. The van der Waals surface area contributed by atoms with E-state index in [2.05, 4.69) is 10.6 Å². The largest absolute Gasteiger partial charge is 0.618 e. The van der Waals surface area contributed by atoms with Crippen molar-refractivity contribution in [3.8, 4) is 0 Å². The van der Waals surface area contributed by atoms with E-state index < -0.39 is 0 Å². The van der Waals surface area contributed by atoms with Crippen LogP contribution in [0.1, 0.15) is 10.5 Å². The first-order valence-electron chi connectivity index (χ1n) is 4.47. The van der Waals surface area contributed by atoms with Gasteiger partial charge >= 0.3 is 5.91 Å². The van der Waals surface area contributed by atoms with Crippen LogP contribution in [0.5, 0.6) is 0 Å². The minimum absolute atomic E-state index is 0. The van der Waals surface area contributed by atoms with E-state index in [0.717, 1.165) is 13.1 Å². The third-order valence-electron chi connectivity index (χ3n) is 2.17. The van der Waals surface area contributed by atoms with E-state index >= 15 is 0 Å². The Hall–Kier alpha value is -1.33. The molecule has 0 radical (unpaired) electrons. The molecule has 1 amide bonds. The first-order chi connectivity index (χ1) is 6.77. The van der Waals surface area contributed by atoms with E-state index in [9.17, 15) is 10.0 Å². The summed E-state index contributed by atoms with van der Waals surface area (Å²) in [5.74, 6) is -0.313. The van der Waals surface area contributed by atoms with Crippen molar-refractivity contribution in [1.29, 1.82) is 0 Å². The Kier molecular flexibility index (Phi) is 3.88. The van der Waals surface area contributed by atoms with Crippen LogP contribution in [0.3, 0.4) is 0 Å². The van der Waals surface area contributed by atoms with Gasteiger partial charge in [0.2, 0.25) is 0 Å². The molecule has 2 rings (SSSR count). The Bertz CT molecular complexity index is 355. The van der Waals surface area contributed by atoms with Crippen molar-refractivity contribution in [2.45, 2.75) is 6.04 Å². The molecule has 15 heavy (non-hydrogen) atoms. The van der Waals surface area contributed by atoms with Crippen LogP contribution in [-0.4, -0.2) is 25.0 Å². The van der Waals surface area contributed by atoms with Crippen LogP contribution >= 0.6 is 12.4 Å². The number of amides is 1. The fourth-order valence-electron chi connectivity index (χ4n) is 1.25. The number of carbonyl (C=O) groups excluding carboxylic acids is 1. The van der Waals surface area contributed by atoms with Crippen LogP contribution < -0.4 is 15.4 Å². The number of pyridine rings is 1. The molecule has 1 aromatic rings. The average Bonchev–Trinajstić information content (AvgIpc) is 2.12. The van der Waals surface area contributed by atoms with E-state index in [1.807, 2.05) is 0 Å². The van der Waals surface area contributed by atoms with Gasteiger partial charge in [0.1, 0.15) is 0 Å². The summed E-state index contributed by atoms with van der Waals surface area (Å²) in [5.41, 5.74) is 0.138. The first kappa shape index (κ1) is 11.7. The fraction of sp³-hybridized carbons (Fsp3) is 0.333. The third-order valence-corrected chi connectivity index (χ3v) is 2.17. The molecule has 0 aliphatic carbocycles. The van der Waals surface area contributed by atoms with Crippen LogP contribution in [0, 0.1) is 5.21 Å². The summed E-state index contributed by atoms with van der Waals surface area (Å²) < 4.78 is 0.571. The highest BCUT2D eigenvalue weighted by molar-refractivity contribution is 5.91. The first-order valence-corrected chi connectivity index (χ1v) is 4.47. The molecular weight excluding hydrogens is 218 g/mol. The lowest BCUT2D eigenvalue weighted by molar-refractivity contribution is -0.607. The SMILES string of the molecule is Cl.O=C(NC1CNC1)c1cccc[n+]1[O-]. The van der Waals surface area contributed by atoms with Crippen molar-refractivity contribution < 1.29 is 9.52 Å². The fourth-order valence-corrected chi connectivity index (χ4v) is 1.25. The summed E-state index contributed by atoms with van der Waals surface area (Å²) in [6, 6.07) is 4.92. The molecule has 0 saturated carbocycles. The lowest BCUT2D eigenvalue weighted by atomic mass is 10.2. The second-order valence-electron chi connectivity index (χ2n) is 3.24. The van der Waals surface area contributed by atoms with Gasteiger partial charge in [0, 0.05) is 25.2 Å². The average molecular weight is 230 g/mol. The maximum Gasteiger partial charge on any atom is 0.317 e. The molecule has 0 spiro atoms. The van der Waals surface area contributed by atoms with E-state index in [1.54, 1.807) is 12.1 Å². The number of halogens is 1. The predicted molar refractivity (Wildman–Crippen MR) is 56.8 cm³/mol. The van der Waals surface area contributed by atoms with Gasteiger partial charge in [0.05, 0.1) is 6.04 Å². The Balaban J connectivity index is 0.00000112. The van der Waals surface area contributed by atoms with Crippen molar-refractivity contribution in [1.82, 2.24) is 10.6 Å². The van der Waals surface area contributed by atoms with Crippen molar-refractivity contribution in [3.05, 3.63) is 35.3 Å². The molecule has 1 aromatic heterocycles. The van der Waals surface area contributed by atoms with Crippen LogP contribution in [-0.2, 0) is 0 Å². The standard InChI is InChI=1S/C9H11N3O2.ClH/c13-9(11-7-5-10-6-7)8-3-1-2-4-12(8)14;/h1-4,7,10H,5-6H2,(H,11,13);1H. The highest BCUT2D eigenvalue weighted by atomic mass is 35.5. The quantitative estimate of drug-likeness (QED) is 0.528. The molecule has 0 unspecified atom stereocenters. The summed E-state index contributed by atoms with van der Waals surface area (Å²) in [5, 5.41) is 17.0. The molecule has 1 aliphatic heterocycles. The summed E-state index contributed by atoms with van der Waals surface area (Å²) >= 11 is 0. The van der Waals surface area contributed by atoms with Gasteiger partial charge < -0.3 is 15.8 Å². The molecule has 2 heterocycles. The van der Waals surface area contributed by atoms with Gasteiger partial charge in [0.15, 0.2) is 6.20 Å². The van der Waals surface area contributed by atoms with Crippen LogP contribution in [0.2, 0.25) is 0 Å². The highest BCUT2D eigenvalue weighted by Gasteiger charge is 2.22. The van der Waals surface area contributed by atoms with Gasteiger partial charge in [-0.15, -0.1) is 12.4 Å². The number of nitrogens with zero attached hydrogens (tertiary/aromatic N) is 1. The lowest BCUT2D eigenvalue weighted by Crippen LogP contribution is -2.58. The van der Waals surface area contributed by atoms with Gasteiger partial charge in [-0.25, -0.2) is 0 Å². The zero-order valence-corrected chi connectivity index (χ0v) is 8.79. The number of hydrogen-bond acceptors (Lipinski definition) is 3. The topological polar surface area (TPSA) is 68.1 Å². The Morgan fingerprint density at radius 3 is 2.80 bits per heavy atom. The molecule has 82 valence electrons. The minimum Gasteiger partial charge on any atom is -0.618 e. The van der Waals surface area contributed by atoms with Crippen LogP contribution in [0.4, 0.5) is 0 Å². The molecule has 5 nitrogen and oxygen atoms in total. The summed E-state index contributed by atoms with van der Waals surface area (Å²) in [6.07, 6.45) is 1.31. The summed E-state index contributed by atoms with van der Waals surface area (Å²) in [7, 11) is 0. The Labute approximate surface area is 93.5 Å². The number of hydrogen-bond donors (Lipinski definition) is 2. The summed E-state index contributed by atoms with van der Waals surface area (Å²) in [6.45, 7) is 1.55. The predicted octanol–water partition coefficient (Wildman–Crippen LogP) is -0.557. The van der Waals surface area contributed by atoms with E-state index in [4.69, 9.17) is 0 Å². The molecule has 0 atom stereocenters. The van der Waals surface area contributed by atoms with Crippen molar-refractivity contribution in [2.75, 3.05) is 13.1 Å². The minimum atomic E-state index is -0.313. The number of rotatable bonds is 2. The molecule has 1 saturated heterocycles. The van der Waals surface area contributed by atoms with Crippen molar-refractivity contribution in [2.24, 2.45) is 0 Å². The van der Waals surface area contributed by atoms with Gasteiger partial charge in [-0.3, -0.25) is 4.79 Å². The smallest absolute Gasteiger partial charge is 0.317 e. The molecule has 1 aliphatic rings. The highest BCUT2D eigenvalue weighted by Crippen LogP contribution is 1.95. The van der Waals surface area contributed by atoms with Crippen molar-refractivity contribution >= 4 is 18.3 Å². The molecule has 2 N–H and O–H groups in total. The molecule has 6 heteroatoms. The zero-order chi connectivity index (χ0) is 9.97. The maximum atomic E-state index is 11.5. The second-order valence-corrected chi connectivity index (χ2v) is 3.24. The second kappa shape index (κ2) is 4.95. The molecular formula is C9H12ClN3O2. The molecule has 0 bridgehead atoms. The van der Waals surface area contributed by atoms with Gasteiger partial charge in [-0.1, -0.05) is 0 Å². The Morgan fingerprint density at radius 1 is 1.53 bits per heavy atom. The monoisotopic (exact) mass is 229 g/mol. The summed E-state index contributed by atoms with van der Waals surface area (Å²) in [4.78, 5) is 11.5. The normalized spacial score (nSPS) is 14.9. The van der Waals surface area contributed by atoms with Crippen LogP contribution in [0.15, 0.2) is 24.4 Å². The van der Waals surface area contributed by atoms with Crippen molar-refractivity contribution in [3.63, 3.8) is 0 Å². The van der Waals surface area contributed by atoms with Gasteiger partial charge in [-0.05, 0) is 6.07 Å². The zero-order valence-electron chi connectivity index (χ0n) is 7.97. The molecule has 1 fully saturated rings. The van der Waals surface area contributed by atoms with Gasteiger partial charge in [0.25, 0.3) is 5.69 Å². The van der Waals surface area contributed by atoms with Gasteiger partial charge in [-0.2, -0.15) is 4.73 Å². The number of nitrogens with one attached hydrogen (secondary N) is 2. The number of carbonyl (C=O) groups is 1. The molecule has 0 aromatic carbocycles. The van der Waals surface area contributed by atoms with Crippen LogP contribution in [0.25, 0.3) is 0 Å². The maximum absolute atomic E-state index is 11.5. The van der Waals surface area contributed by atoms with E-state index in [0.29, 0.717) is 4.73 Å². The Morgan fingerprint density at radius 2 is 2.27 bits per heavy atom. The third kappa shape index (κ3) is 2.57. The number of aromatic nitrogens is 1. The van der Waals surface area contributed by atoms with E-state index in [1.165, 1.54) is 12.3 Å².